The molecule has 0 aromatic carbocycles. The fraction of sp³-hybridized carbons (Fsp3) is 0.667. The number of hydrogen-bond acceptors (Lipinski definition) is 1. The Morgan fingerprint density at radius 2 is 1.80 bits per heavy atom. The molecule has 0 bridgehead atoms. The first-order chi connectivity index (χ1) is 6.83. The highest BCUT2D eigenvalue weighted by Gasteiger charge is 2.41. The lowest BCUT2D eigenvalue weighted by Gasteiger charge is -2.15. The molecule has 0 spiro atoms. The van der Waals surface area contributed by atoms with Crippen molar-refractivity contribution < 1.29 is 27.5 Å². The molecule has 15 heavy (non-hydrogen) atoms. The molecule has 0 unspecified atom stereocenters. The van der Waals surface area contributed by atoms with Crippen LogP contribution < -0.4 is 0 Å². The van der Waals surface area contributed by atoms with E-state index in [4.69, 9.17) is 5.11 Å². The molecule has 6 heteroatoms. The van der Waals surface area contributed by atoms with Gasteiger partial charge < -0.3 is 5.11 Å². The van der Waals surface area contributed by atoms with Crippen LogP contribution in [0.15, 0.2) is 11.7 Å². The first-order valence-electron chi connectivity index (χ1n) is 4.49. The molecule has 0 saturated carbocycles. The molecule has 0 aromatic rings. The molecule has 0 aliphatic rings. The molecule has 0 heterocycles. The minimum atomic E-state index is -3.96. The highest BCUT2D eigenvalue weighted by Crippen LogP contribution is 2.33. The summed E-state index contributed by atoms with van der Waals surface area (Å²) in [5.41, 5.74) is -2.08. The van der Waals surface area contributed by atoms with Crippen LogP contribution >= 0.6 is 0 Å². The van der Waals surface area contributed by atoms with Gasteiger partial charge in [0.05, 0.1) is 0 Å². The van der Waals surface area contributed by atoms with E-state index in [0.29, 0.717) is 12.8 Å². The maximum atomic E-state index is 13.0. The van der Waals surface area contributed by atoms with Crippen molar-refractivity contribution in [1.82, 2.24) is 0 Å². The summed E-state index contributed by atoms with van der Waals surface area (Å²) < 4.78 is 49.9. The molecular weight excluding hydrogens is 216 g/mol. The van der Waals surface area contributed by atoms with E-state index in [2.05, 4.69) is 0 Å². The van der Waals surface area contributed by atoms with Crippen molar-refractivity contribution in [1.29, 1.82) is 0 Å². The van der Waals surface area contributed by atoms with Crippen LogP contribution in [0.1, 0.15) is 32.6 Å². The van der Waals surface area contributed by atoms with Crippen LogP contribution in [0, 0.1) is 0 Å². The van der Waals surface area contributed by atoms with Crippen molar-refractivity contribution in [3.05, 3.63) is 11.7 Å². The van der Waals surface area contributed by atoms with Gasteiger partial charge in [0.15, 0.2) is 5.57 Å². The Labute approximate surface area is 84.6 Å². The normalized spacial score (nSPS) is 11.3. The zero-order valence-corrected chi connectivity index (χ0v) is 8.20. The van der Waals surface area contributed by atoms with Gasteiger partial charge in [0.1, 0.15) is 0 Å². The average molecular weight is 228 g/mol. The minimum Gasteiger partial charge on any atom is -0.478 e. The van der Waals surface area contributed by atoms with Gasteiger partial charge in [-0.15, -0.1) is 0 Å². The number of hydrogen-bond donors (Lipinski definition) is 1. The number of carboxylic acids is 1. The third-order valence-corrected chi connectivity index (χ3v) is 1.86. The standard InChI is InChI=1S/C9H12F4O2/c1-2-3-4-5-9(12,13)6(7(10)11)8(14)15/h2-5H2,1H3,(H,14,15). The highest BCUT2D eigenvalue weighted by atomic mass is 19.3. The largest absolute Gasteiger partial charge is 0.478 e. The lowest BCUT2D eigenvalue weighted by atomic mass is 10.0. The van der Waals surface area contributed by atoms with Crippen LogP contribution in [-0.2, 0) is 4.79 Å². The summed E-state index contributed by atoms with van der Waals surface area (Å²) in [5.74, 6) is -6.23. The van der Waals surface area contributed by atoms with Crippen LogP contribution in [0.3, 0.4) is 0 Å². The zero-order valence-electron chi connectivity index (χ0n) is 8.20. The van der Waals surface area contributed by atoms with Gasteiger partial charge in [-0.25, -0.2) is 13.6 Å². The monoisotopic (exact) mass is 228 g/mol. The fourth-order valence-corrected chi connectivity index (χ4v) is 1.10. The topological polar surface area (TPSA) is 37.3 Å². The van der Waals surface area contributed by atoms with Crippen molar-refractivity contribution in [2.45, 2.75) is 38.5 Å². The van der Waals surface area contributed by atoms with E-state index in [1.165, 1.54) is 0 Å². The molecule has 0 amide bonds. The Morgan fingerprint density at radius 1 is 1.27 bits per heavy atom. The quantitative estimate of drug-likeness (QED) is 0.429. The number of alkyl halides is 2. The first-order valence-corrected chi connectivity index (χ1v) is 4.49. The highest BCUT2D eigenvalue weighted by molar-refractivity contribution is 5.88. The second kappa shape index (κ2) is 5.72. The van der Waals surface area contributed by atoms with E-state index in [-0.39, 0.29) is 6.42 Å². The smallest absolute Gasteiger partial charge is 0.343 e. The molecule has 0 radical (unpaired) electrons. The van der Waals surface area contributed by atoms with Crippen molar-refractivity contribution in [3.63, 3.8) is 0 Å². The molecule has 0 saturated heterocycles. The zero-order chi connectivity index (χ0) is 12.1. The van der Waals surface area contributed by atoms with Gasteiger partial charge in [-0.3, -0.25) is 0 Å². The lowest BCUT2D eigenvalue weighted by molar-refractivity contribution is -0.136. The Bertz CT molecular complexity index is 257. The molecule has 88 valence electrons. The summed E-state index contributed by atoms with van der Waals surface area (Å²) in [6.07, 6.45) is -2.56. The van der Waals surface area contributed by atoms with Crippen LogP contribution in [-0.4, -0.2) is 17.0 Å². The molecule has 0 atom stereocenters. The Balaban J connectivity index is 4.67. The van der Waals surface area contributed by atoms with Crippen LogP contribution in [0.5, 0.6) is 0 Å². The van der Waals surface area contributed by atoms with Crippen molar-refractivity contribution in [2.24, 2.45) is 0 Å². The van der Waals surface area contributed by atoms with Crippen molar-refractivity contribution >= 4 is 5.97 Å². The van der Waals surface area contributed by atoms with Gasteiger partial charge in [0, 0.05) is 6.42 Å². The molecule has 0 aliphatic carbocycles. The van der Waals surface area contributed by atoms with E-state index in [9.17, 15) is 22.4 Å². The van der Waals surface area contributed by atoms with Gasteiger partial charge >= 0.3 is 5.97 Å². The number of aliphatic carboxylic acids is 1. The Hall–Kier alpha value is -1.07. The number of carbonyl (C=O) groups is 1. The van der Waals surface area contributed by atoms with Crippen LogP contribution in [0.4, 0.5) is 17.6 Å². The van der Waals surface area contributed by atoms with E-state index in [1.54, 1.807) is 6.92 Å². The molecular formula is C9H12F4O2. The molecule has 0 fully saturated rings. The Morgan fingerprint density at radius 3 is 2.13 bits per heavy atom. The number of carboxylic acid groups (broad SMARTS) is 1. The van der Waals surface area contributed by atoms with E-state index < -0.39 is 30.0 Å². The van der Waals surface area contributed by atoms with E-state index in [1.807, 2.05) is 0 Å². The molecule has 0 rings (SSSR count). The van der Waals surface area contributed by atoms with Gasteiger partial charge in [-0.2, -0.15) is 8.78 Å². The van der Waals surface area contributed by atoms with Crippen molar-refractivity contribution in [2.75, 3.05) is 0 Å². The maximum absolute atomic E-state index is 13.0. The first kappa shape index (κ1) is 13.9. The summed E-state index contributed by atoms with van der Waals surface area (Å²) in [6.45, 7) is 1.77. The predicted molar refractivity (Wildman–Crippen MR) is 46.0 cm³/mol. The van der Waals surface area contributed by atoms with Crippen LogP contribution in [0.25, 0.3) is 0 Å². The number of halogens is 4. The third kappa shape index (κ3) is 4.31. The number of rotatable bonds is 6. The van der Waals surface area contributed by atoms with Gasteiger partial charge in [0.2, 0.25) is 0 Å². The third-order valence-electron chi connectivity index (χ3n) is 1.86. The number of unbranched alkanes of at least 4 members (excludes halogenated alkanes) is 2. The maximum Gasteiger partial charge on any atom is 0.343 e. The van der Waals surface area contributed by atoms with Crippen molar-refractivity contribution in [3.8, 4) is 0 Å². The second-order valence-corrected chi connectivity index (χ2v) is 3.10. The lowest BCUT2D eigenvalue weighted by Crippen LogP contribution is -2.26. The second-order valence-electron chi connectivity index (χ2n) is 3.10. The molecule has 0 aliphatic heterocycles. The molecule has 1 N–H and O–H groups in total. The molecule has 0 aromatic heterocycles. The Kier molecular flexibility index (Phi) is 5.32. The van der Waals surface area contributed by atoms with Gasteiger partial charge in [-0.1, -0.05) is 19.8 Å². The van der Waals surface area contributed by atoms with Gasteiger partial charge in [0.25, 0.3) is 12.0 Å². The minimum absolute atomic E-state index is 0.0214. The predicted octanol–water partition coefficient (Wildman–Crippen LogP) is 3.44. The summed E-state index contributed by atoms with van der Waals surface area (Å²) >= 11 is 0. The van der Waals surface area contributed by atoms with E-state index >= 15 is 0 Å². The summed E-state index contributed by atoms with van der Waals surface area (Å²) in [7, 11) is 0. The molecule has 2 nitrogen and oxygen atoms in total. The summed E-state index contributed by atoms with van der Waals surface area (Å²) in [4.78, 5) is 10.2. The fourth-order valence-electron chi connectivity index (χ4n) is 1.10. The average Bonchev–Trinajstić information content (AvgIpc) is 2.01. The van der Waals surface area contributed by atoms with Gasteiger partial charge in [-0.05, 0) is 6.42 Å². The summed E-state index contributed by atoms with van der Waals surface area (Å²) in [6, 6.07) is 0. The van der Waals surface area contributed by atoms with Crippen LogP contribution in [0.2, 0.25) is 0 Å². The van der Waals surface area contributed by atoms with E-state index in [0.717, 1.165) is 0 Å². The SMILES string of the molecule is CCCCCC(F)(F)C(C(=O)O)=C(F)F. The summed E-state index contributed by atoms with van der Waals surface area (Å²) in [5, 5.41) is 8.22.